The van der Waals surface area contributed by atoms with Crippen LogP contribution in [0, 0.1) is 12.8 Å². The van der Waals surface area contributed by atoms with Gasteiger partial charge >= 0.3 is 0 Å². The number of ketones is 1. The molecular weight excluding hydrogens is 226 g/mol. The van der Waals surface area contributed by atoms with Gasteiger partial charge in [-0.05, 0) is 63.0 Å². The standard InChI is InChI=1S/C15H21NO2/c1-3-18-15-5-4-13(8-11(15)2)14(17)9-12-6-7-16-10-12/h4-5,8,12,16H,3,6-7,9-10H2,1-2H3. The van der Waals surface area contributed by atoms with E-state index in [4.69, 9.17) is 4.74 Å². The smallest absolute Gasteiger partial charge is 0.163 e. The molecule has 98 valence electrons. The molecule has 1 aromatic rings. The maximum absolute atomic E-state index is 12.2. The number of aryl methyl sites for hydroxylation is 1. The molecule has 0 bridgehead atoms. The average Bonchev–Trinajstić information content (AvgIpc) is 2.84. The molecule has 1 unspecified atom stereocenters. The number of carbonyl (C=O) groups is 1. The summed E-state index contributed by atoms with van der Waals surface area (Å²) in [6, 6.07) is 5.72. The molecule has 0 amide bonds. The van der Waals surface area contributed by atoms with Gasteiger partial charge in [0.05, 0.1) is 6.61 Å². The van der Waals surface area contributed by atoms with Crippen LogP contribution < -0.4 is 10.1 Å². The minimum Gasteiger partial charge on any atom is -0.494 e. The highest BCUT2D eigenvalue weighted by Gasteiger charge is 2.19. The van der Waals surface area contributed by atoms with Crippen LogP contribution in [-0.4, -0.2) is 25.5 Å². The molecule has 1 aromatic carbocycles. The number of ether oxygens (including phenoxy) is 1. The maximum Gasteiger partial charge on any atom is 0.163 e. The molecule has 18 heavy (non-hydrogen) atoms. The molecule has 1 fully saturated rings. The van der Waals surface area contributed by atoms with Crippen LogP contribution in [-0.2, 0) is 0 Å². The molecule has 3 nitrogen and oxygen atoms in total. The highest BCUT2D eigenvalue weighted by Crippen LogP contribution is 2.22. The SMILES string of the molecule is CCOc1ccc(C(=O)CC2CCNC2)cc1C. The first-order chi connectivity index (χ1) is 8.70. The van der Waals surface area contributed by atoms with E-state index in [0.717, 1.165) is 36.4 Å². The van der Waals surface area contributed by atoms with E-state index >= 15 is 0 Å². The number of nitrogens with one attached hydrogen (secondary N) is 1. The van der Waals surface area contributed by atoms with Crippen LogP contribution in [0.25, 0.3) is 0 Å². The summed E-state index contributed by atoms with van der Waals surface area (Å²) in [5.74, 6) is 1.62. The predicted octanol–water partition coefficient (Wildman–Crippen LogP) is 2.58. The number of benzene rings is 1. The van der Waals surface area contributed by atoms with E-state index in [0.29, 0.717) is 18.9 Å². The lowest BCUT2D eigenvalue weighted by atomic mass is 9.96. The Morgan fingerprint density at radius 2 is 2.33 bits per heavy atom. The third-order valence-corrected chi connectivity index (χ3v) is 3.43. The lowest BCUT2D eigenvalue weighted by molar-refractivity contribution is 0.0964. The summed E-state index contributed by atoms with van der Waals surface area (Å²) < 4.78 is 5.48. The zero-order valence-corrected chi connectivity index (χ0v) is 11.2. The molecule has 0 spiro atoms. The molecular formula is C15H21NO2. The van der Waals surface area contributed by atoms with Crippen LogP contribution in [0.15, 0.2) is 18.2 Å². The normalized spacial score (nSPS) is 18.9. The second-order valence-corrected chi connectivity index (χ2v) is 4.90. The summed E-state index contributed by atoms with van der Waals surface area (Å²) in [4.78, 5) is 12.2. The first kappa shape index (κ1) is 13.1. The van der Waals surface area contributed by atoms with E-state index in [9.17, 15) is 4.79 Å². The van der Waals surface area contributed by atoms with Crippen molar-refractivity contribution in [3.63, 3.8) is 0 Å². The Hall–Kier alpha value is -1.35. The van der Waals surface area contributed by atoms with Gasteiger partial charge < -0.3 is 10.1 Å². The first-order valence-electron chi connectivity index (χ1n) is 6.68. The molecule has 1 N–H and O–H groups in total. The van der Waals surface area contributed by atoms with E-state index in [2.05, 4.69) is 5.32 Å². The third-order valence-electron chi connectivity index (χ3n) is 3.43. The van der Waals surface area contributed by atoms with Crippen LogP contribution in [0.3, 0.4) is 0 Å². The zero-order valence-electron chi connectivity index (χ0n) is 11.2. The number of hydrogen-bond donors (Lipinski definition) is 1. The Bertz CT molecular complexity index is 423. The molecule has 2 rings (SSSR count). The zero-order chi connectivity index (χ0) is 13.0. The Morgan fingerprint density at radius 3 is 2.94 bits per heavy atom. The van der Waals surface area contributed by atoms with Crippen LogP contribution in [0.4, 0.5) is 0 Å². The quantitative estimate of drug-likeness (QED) is 0.813. The van der Waals surface area contributed by atoms with Gasteiger partial charge in [-0.1, -0.05) is 0 Å². The molecule has 0 saturated carbocycles. The maximum atomic E-state index is 12.2. The van der Waals surface area contributed by atoms with Crippen molar-refractivity contribution in [3.8, 4) is 5.75 Å². The second-order valence-electron chi connectivity index (χ2n) is 4.90. The summed E-state index contributed by atoms with van der Waals surface area (Å²) in [5.41, 5.74) is 1.84. The minimum atomic E-state index is 0.245. The van der Waals surface area contributed by atoms with Gasteiger partial charge in [0.25, 0.3) is 0 Å². The Labute approximate surface area is 109 Å². The molecule has 1 atom stereocenters. The molecule has 0 radical (unpaired) electrons. The minimum absolute atomic E-state index is 0.245. The summed E-state index contributed by atoms with van der Waals surface area (Å²) in [6.45, 7) is 6.62. The second kappa shape index (κ2) is 6.01. The van der Waals surface area contributed by atoms with Crippen molar-refractivity contribution in [1.82, 2.24) is 5.32 Å². The highest BCUT2D eigenvalue weighted by atomic mass is 16.5. The monoisotopic (exact) mass is 247 g/mol. The van der Waals surface area contributed by atoms with Crippen molar-refractivity contribution in [2.45, 2.75) is 26.7 Å². The molecule has 1 aliphatic rings. The summed E-state index contributed by atoms with van der Waals surface area (Å²) in [5, 5.41) is 3.29. The molecule has 1 heterocycles. The lowest BCUT2D eigenvalue weighted by Gasteiger charge is -2.10. The number of hydrogen-bond acceptors (Lipinski definition) is 3. The van der Waals surface area contributed by atoms with Gasteiger partial charge in [-0.15, -0.1) is 0 Å². The number of rotatable bonds is 5. The van der Waals surface area contributed by atoms with E-state index in [-0.39, 0.29) is 5.78 Å². The van der Waals surface area contributed by atoms with Crippen LogP contribution in [0.5, 0.6) is 5.75 Å². The van der Waals surface area contributed by atoms with E-state index < -0.39 is 0 Å². The third kappa shape index (κ3) is 3.10. The molecule has 0 aromatic heterocycles. The van der Waals surface area contributed by atoms with Gasteiger partial charge in [-0.25, -0.2) is 0 Å². The Balaban J connectivity index is 2.03. The van der Waals surface area contributed by atoms with Crippen molar-refractivity contribution in [1.29, 1.82) is 0 Å². The number of Topliss-reactive ketones (excluding diaryl/α,β-unsaturated/α-hetero) is 1. The van der Waals surface area contributed by atoms with Gasteiger partial charge in [-0.3, -0.25) is 4.79 Å². The first-order valence-corrected chi connectivity index (χ1v) is 6.68. The molecule has 3 heteroatoms. The van der Waals surface area contributed by atoms with Gasteiger partial charge in [0.1, 0.15) is 5.75 Å². The fraction of sp³-hybridized carbons (Fsp3) is 0.533. The Kier molecular flexibility index (Phi) is 4.37. The fourth-order valence-electron chi connectivity index (χ4n) is 2.41. The topological polar surface area (TPSA) is 38.3 Å². The van der Waals surface area contributed by atoms with Crippen molar-refractivity contribution < 1.29 is 9.53 Å². The predicted molar refractivity (Wildman–Crippen MR) is 72.3 cm³/mol. The average molecular weight is 247 g/mol. The van der Waals surface area contributed by atoms with Gasteiger partial charge in [0, 0.05) is 12.0 Å². The molecule has 0 aliphatic carbocycles. The summed E-state index contributed by atoms with van der Waals surface area (Å²) >= 11 is 0. The summed E-state index contributed by atoms with van der Waals surface area (Å²) in [7, 11) is 0. The number of carbonyl (C=O) groups excluding carboxylic acids is 1. The van der Waals surface area contributed by atoms with Gasteiger partial charge in [0.15, 0.2) is 5.78 Å². The molecule has 1 aliphatic heterocycles. The summed E-state index contributed by atoms with van der Waals surface area (Å²) in [6.07, 6.45) is 1.77. The fourth-order valence-corrected chi connectivity index (χ4v) is 2.41. The van der Waals surface area contributed by atoms with Gasteiger partial charge in [0.2, 0.25) is 0 Å². The molecule has 1 saturated heterocycles. The van der Waals surface area contributed by atoms with Crippen LogP contribution >= 0.6 is 0 Å². The van der Waals surface area contributed by atoms with Crippen molar-refractivity contribution in [2.24, 2.45) is 5.92 Å². The highest BCUT2D eigenvalue weighted by molar-refractivity contribution is 5.96. The Morgan fingerprint density at radius 1 is 1.50 bits per heavy atom. The van der Waals surface area contributed by atoms with E-state index in [1.165, 1.54) is 0 Å². The van der Waals surface area contributed by atoms with Crippen molar-refractivity contribution in [3.05, 3.63) is 29.3 Å². The van der Waals surface area contributed by atoms with E-state index in [1.54, 1.807) is 0 Å². The van der Waals surface area contributed by atoms with Crippen LogP contribution in [0.1, 0.15) is 35.7 Å². The van der Waals surface area contributed by atoms with Crippen LogP contribution in [0.2, 0.25) is 0 Å². The van der Waals surface area contributed by atoms with E-state index in [1.807, 2.05) is 32.0 Å². The largest absolute Gasteiger partial charge is 0.494 e. The lowest BCUT2D eigenvalue weighted by Crippen LogP contribution is -2.13. The van der Waals surface area contributed by atoms with Gasteiger partial charge in [-0.2, -0.15) is 0 Å². The van der Waals surface area contributed by atoms with Crippen molar-refractivity contribution in [2.75, 3.05) is 19.7 Å². The van der Waals surface area contributed by atoms with Crippen molar-refractivity contribution >= 4 is 5.78 Å².